The Hall–Kier alpha value is -3.36. The molecule has 0 saturated carbocycles. The van der Waals surface area contributed by atoms with Crippen LogP contribution in [-0.2, 0) is 0 Å². The Labute approximate surface area is 225 Å². The molecule has 192 valence electrons. The topological polar surface area (TPSA) is 68.7 Å². The van der Waals surface area contributed by atoms with Gasteiger partial charge in [-0.15, -0.1) is 0 Å². The maximum Gasteiger partial charge on any atom is 0.163 e. The Bertz CT molecular complexity index is 1370. The van der Waals surface area contributed by atoms with E-state index in [4.69, 9.17) is 14.2 Å². The molecule has 1 saturated heterocycles. The molecule has 8 heteroatoms. The summed E-state index contributed by atoms with van der Waals surface area (Å²) in [7, 11) is 3.83. The summed E-state index contributed by atoms with van der Waals surface area (Å²) in [6.45, 7) is 4.93. The van der Waals surface area contributed by atoms with E-state index in [9.17, 15) is 0 Å². The number of ether oxygens (including phenoxy) is 3. The number of fused-ring (bicyclic) bond motifs is 1. The number of para-hydroxylation sites is 1. The van der Waals surface area contributed by atoms with Crippen molar-refractivity contribution in [2.45, 2.75) is 19.8 Å². The van der Waals surface area contributed by atoms with Crippen molar-refractivity contribution in [3.8, 4) is 23.0 Å². The van der Waals surface area contributed by atoms with Crippen molar-refractivity contribution in [1.29, 1.82) is 0 Å². The van der Waals surface area contributed by atoms with Crippen LogP contribution in [0.4, 0.5) is 11.5 Å². The molecular formula is C29H31BrN4O3. The van der Waals surface area contributed by atoms with E-state index in [1.165, 1.54) is 0 Å². The molecule has 4 aromatic rings. The second-order valence-electron chi connectivity index (χ2n) is 9.44. The number of likely N-dealkylation sites (tertiary alicyclic amines) is 1. The molecule has 0 amide bonds. The Kier molecular flexibility index (Phi) is 7.76. The summed E-state index contributed by atoms with van der Waals surface area (Å²) in [5.41, 5.74) is 2.72. The minimum absolute atomic E-state index is 0.550. The van der Waals surface area contributed by atoms with E-state index in [1.54, 1.807) is 13.4 Å². The highest BCUT2D eigenvalue weighted by molar-refractivity contribution is 9.10. The fourth-order valence-electron chi connectivity index (χ4n) is 4.48. The summed E-state index contributed by atoms with van der Waals surface area (Å²) < 4.78 is 18.8. The third kappa shape index (κ3) is 5.97. The Morgan fingerprint density at radius 3 is 2.54 bits per heavy atom. The summed E-state index contributed by atoms with van der Waals surface area (Å²) in [6.07, 6.45) is 3.86. The molecule has 1 fully saturated rings. The van der Waals surface area contributed by atoms with Crippen LogP contribution in [0.1, 0.15) is 18.4 Å². The number of methoxy groups -OCH3 is 1. The van der Waals surface area contributed by atoms with Gasteiger partial charge in [-0.05, 0) is 97.6 Å². The second kappa shape index (κ2) is 11.4. The minimum atomic E-state index is 0.550. The SMILES string of the molecule is COc1cc2c(Nc3cc(Br)c(Oc4ccccc4)cc3C)ncnc2cc1OCC1CCN(C)CC1. The Morgan fingerprint density at radius 1 is 1.00 bits per heavy atom. The maximum absolute atomic E-state index is 6.22. The largest absolute Gasteiger partial charge is 0.493 e. The van der Waals surface area contributed by atoms with Crippen LogP contribution in [0.15, 0.2) is 65.4 Å². The van der Waals surface area contributed by atoms with Crippen LogP contribution >= 0.6 is 15.9 Å². The van der Waals surface area contributed by atoms with Gasteiger partial charge >= 0.3 is 0 Å². The summed E-state index contributed by atoms with van der Waals surface area (Å²) in [5, 5.41) is 4.32. The number of nitrogens with zero attached hydrogens (tertiary/aromatic N) is 3. The normalized spacial score (nSPS) is 14.5. The summed E-state index contributed by atoms with van der Waals surface area (Å²) in [4.78, 5) is 11.4. The summed E-state index contributed by atoms with van der Waals surface area (Å²) in [6, 6.07) is 17.6. The van der Waals surface area contributed by atoms with Crippen LogP contribution in [0.3, 0.4) is 0 Å². The lowest BCUT2D eigenvalue weighted by Gasteiger charge is -2.28. The maximum atomic E-state index is 6.22. The molecule has 0 atom stereocenters. The molecule has 0 radical (unpaired) electrons. The van der Waals surface area contributed by atoms with Crippen LogP contribution in [-0.4, -0.2) is 48.7 Å². The number of hydrogen-bond acceptors (Lipinski definition) is 7. The van der Waals surface area contributed by atoms with E-state index in [-0.39, 0.29) is 0 Å². The molecular weight excluding hydrogens is 532 g/mol. The standard InChI is InChI=1S/C29H31BrN4O3/c1-19-13-26(37-21-7-5-4-6-8-21)23(30)15-24(19)33-29-22-14-27(35-3)28(16-25(22)31-18-32-29)36-17-20-9-11-34(2)12-10-20/h4-8,13-16,18,20H,9-12,17H2,1-3H3,(H,31,32,33). The van der Waals surface area contributed by atoms with E-state index in [0.717, 1.165) is 64.1 Å². The fraction of sp³-hybridized carbons (Fsp3) is 0.310. The van der Waals surface area contributed by atoms with Gasteiger partial charge in [0.05, 0.1) is 23.7 Å². The van der Waals surface area contributed by atoms with Gasteiger partial charge in [-0.1, -0.05) is 18.2 Å². The van der Waals surface area contributed by atoms with E-state index >= 15 is 0 Å². The number of piperidine rings is 1. The van der Waals surface area contributed by atoms with Crippen LogP contribution < -0.4 is 19.5 Å². The molecule has 0 unspecified atom stereocenters. The van der Waals surface area contributed by atoms with E-state index < -0.39 is 0 Å². The second-order valence-corrected chi connectivity index (χ2v) is 10.3. The molecule has 1 N–H and O–H groups in total. The van der Waals surface area contributed by atoms with Crippen LogP contribution in [0.2, 0.25) is 0 Å². The van der Waals surface area contributed by atoms with Crippen LogP contribution in [0.25, 0.3) is 10.9 Å². The first-order chi connectivity index (χ1) is 18.0. The first kappa shape index (κ1) is 25.3. The molecule has 2 heterocycles. The van der Waals surface area contributed by atoms with Crippen LogP contribution in [0, 0.1) is 12.8 Å². The van der Waals surface area contributed by atoms with E-state index in [0.29, 0.717) is 29.8 Å². The van der Waals surface area contributed by atoms with Crippen molar-refractivity contribution < 1.29 is 14.2 Å². The van der Waals surface area contributed by atoms with Gasteiger partial charge in [-0.2, -0.15) is 0 Å². The number of nitrogens with one attached hydrogen (secondary N) is 1. The minimum Gasteiger partial charge on any atom is -0.493 e. The van der Waals surface area contributed by atoms with Gasteiger partial charge in [0.25, 0.3) is 0 Å². The highest BCUT2D eigenvalue weighted by atomic mass is 79.9. The first-order valence-electron chi connectivity index (χ1n) is 12.4. The molecule has 1 aliphatic heterocycles. The number of rotatable bonds is 8. The lowest BCUT2D eigenvalue weighted by molar-refractivity contribution is 0.157. The van der Waals surface area contributed by atoms with Gasteiger partial charge in [0.2, 0.25) is 0 Å². The number of halogens is 1. The molecule has 1 aromatic heterocycles. The molecule has 7 nitrogen and oxygen atoms in total. The number of benzene rings is 3. The van der Waals surface area contributed by atoms with Gasteiger partial charge in [-0.25, -0.2) is 9.97 Å². The lowest BCUT2D eigenvalue weighted by Crippen LogP contribution is -2.32. The molecule has 5 rings (SSSR count). The quantitative estimate of drug-likeness (QED) is 0.248. The molecule has 0 aliphatic carbocycles. The first-order valence-corrected chi connectivity index (χ1v) is 13.2. The number of anilines is 2. The van der Waals surface area contributed by atoms with Crippen molar-refractivity contribution in [2.75, 3.05) is 39.2 Å². The average Bonchev–Trinajstić information content (AvgIpc) is 2.91. The van der Waals surface area contributed by atoms with E-state index in [2.05, 4.69) is 43.2 Å². The number of aromatic nitrogens is 2. The molecule has 3 aromatic carbocycles. The van der Waals surface area contributed by atoms with Crippen molar-refractivity contribution in [3.63, 3.8) is 0 Å². The molecule has 37 heavy (non-hydrogen) atoms. The van der Waals surface area contributed by atoms with Gasteiger partial charge < -0.3 is 24.4 Å². The predicted octanol–water partition coefficient (Wildman–Crippen LogP) is 6.97. The van der Waals surface area contributed by atoms with Gasteiger partial charge in [0.1, 0.15) is 23.6 Å². The number of hydrogen-bond donors (Lipinski definition) is 1. The molecule has 0 spiro atoms. The molecule has 0 bridgehead atoms. The van der Waals surface area contributed by atoms with Crippen molar-refractivity contribution in [3.05, 3.63) is 71.0 Å². The monoisotopic (exact) mass is 562 g/mol. The smallest absolute Gasteiger partial charge is 0.163 e. The zero-order valence-electron chi connectivity index (χ0n) is 21.3. The zero-order chi connectivity index (χ0) is 25.8. The highest BCUT2D eigenvalue weighted by Gasteiger charge is 2.19. The zero-order valence-corrected chi connectivity index (χ0v) is 22.9. The van der Waals surface area contributed by atoms with E-state index in [1.807, 2.05) is 61.5 Å². The van der Waals surface area contributed by atoms with Crippen molar-refractivity contribution in [1.82, 2.24) is 14.9 Å². The number of aryl methyl sites for hydroxylation is 1. The summed E-state index contributed by atoms with van der Waals surface area (Å²) in [5.74, 6) is 4.15. The Balaban J connectivity index is 1.37. The van der Waals surface area contributed by atoms with Gasteiger partial charge in [-0.3, -0.25) is 0 Å². The highest BCUT2D eigenvalue weighted by Crippen LogP contribution is 2.38. The third-order valence-electron chi connectivity index (χ3n) is 6.74. The van der Waals surface area contributed by atoms with Crippen LogP contribution in [0.5, 0.6) is 23.0 Å². The van der Waals surface area contributed by atoms with Crippen molar-refractivity contribution in [2.24, 2.45) is 5.92 Å². The Morgan fingerprint density at radius 2 is 1.78 bits per heavy atom. The lowest BCUT2D eigenvalue weighted by atomic mass is 9.98. The molecule has 1 aliphatic rings. The average molecular weight is 563 g/mol. The fourth-order valence-corrected chi connectivity index (χ4v) is 4.91. The predicted molar refractivity (Wildman–Crippen MR) is 150 cm³/mol. The van der Waals surface area contributed by atoms with Crippen molar-refractivity contribution >= 4 is 38.3 Å². The summed E-state index contributed by atoms with van der Waals surface area (Å²) >= 11 is 3.65. The van der Waals surface area contributed by atoms with Gasteiger partial charge in [0, 0.05) is 17.1 Å². The third-order valence-corrected chi connectivity index (χ3v) is 7.36. The van der Waals surface area contributed by atoms with Gasteiger partial charge in [0.15, 0.2) is 11.5 Å².